The maximum Gasteiger partial charge on any atom is 0.128 e. The maximum absolute atomic E-state index is 8.89. The lowest BCUT2D eigenvalue weighted by molar-refractivity contribution is 0.215. The van der Waals surface area contributed by atoms with Crippen molar-refractivity contribution in [2.24, 2.45) is 0 Å². The number of nitrogens with zero attached hydrogens (tertiary/aromatic N) is 5. The molecular weight excluding hydrogens is 298 g/mol. The number of hydrogen-bond acceptors (Lipinski definition) is 5. The number of aromatic nitrogens is 2. The molecule has 3 rings (SSSR count). The second-order valence-electron chi connectivity index (χ2n) is 6.32. The first kappa shape index (κ1) is 16.4. The predicted octanol–water partition coefficient (Wildman–Crippen LogP) is 2.84. The molecular formula is C19H23N5. The van der Waals surface area contributed by atoms with Gasteiger partial charge in [0.2, 0.25) is 0 Å². The Bertz CT molecular complexity index is 677. The molecule has 0 N–H and O–H groups in total. The first-order valence-corrected chi connectivity index (χ1v) is 8.47. The van der Waals surface area contributed by atoms with Crippen LogP contribution in [0.15, 0.2) is 42.7 Å². The third-order valence-electron chi connectivity index (χ3n) is 4.66. The fraction of sp³-hybridized carbons (Fsp3) is 0.421. The number of anilines is 1. The quantitative estimate of drug-likeness (QED) is 0.867. The highest BCUT2D eigenvalue weighted by atomic mass is 15.2. The molecule has 2 aromatic heterocycles. The molecule has 2 aromatic rings. The molecule has 3 heterocycles. The number of rotatable bonds is 4. The van der Waals surface area contributed by atoms with Gasteiger partial charge in [0.1, 0.15) is 11.9 Å². The summed E-state index contributed by atoms with van der Waals surface area (Å²) in [7, 11) is 2.19. The van der Waals surface area contributed by atoms with Crippen LogP contribution in [-0.2, 0) is 6.54 Å². The Hall–Kier alpha value is -2.45. The molecule has 24 heavy (non-hydrogen) atoms. The van der Waals surface area contributed by atoms with E-state index in [0.29, 0.717) is 11.6 Å². The van der Waals surface area contributed by atoms with Gasteiger partial charge in [0.25, 0.3) is 0 Å². The van der Waals surface area contributed by atoms with Crippen LogP contribution in [0.1, 0.15) is 30.5 Å². The zero-order chi connectivity index (χ0) is 16.8. The van der Waals surface area contributed by atoms with Gasteiger partial charge in [-0.1, -0.05) is 6.07 Å². The van der Waals surface area contributed by atoms with Crippen LogP contribution < -0.4 is 4.90 Å². The zero-order valence-corrected chi connectivity index (χ0v) is 14.1. The van der Waals surface area contributed by atoms with E-state index < -0.39 is 0 Å². The second-order valence-corrected chi connectivity index (χ2v) is 6.32. The molecule has 1 atom stereocenters. The Kier molecular flexibility index (Phi) is 5.39. The monoisotopic (exact) mass is 321 g/mol. The van der Waals surface area contributed by atoms with Crippen LogP contribution in [0.2, 0.25) is 0 Å². The van der Waals surface area contributed by atoms with Crippen LogP contribution in [0.4, 0.5) is 5.82 Å². The molecule has 0 aromatic carbocycles. The van der Waals surface area contributed by atoms with Gasteiger partial charge < -0.3 is 4.90 Å². The van der Waals surface area contributed by atoms with Crippen molar-refractivity contribution >= 4 is 5.82 Å². The van der Waals surface area contributed by atoms with Gasteiger partial charge in [0, 0.05) is 38.1 Å². The van der Waals surface area contributed by atoms with Crippen molar-refractivity contribution in [3.63, 3.8) is 0 Å². The van der Waals surface area contributed by atoms with E-state index in [9.17, 15) is 0 Å². The van der Waals surface area contributed by atoms with Gasteiger partial charge in [0.15, 0.2) is 0 Å². The first-order chi connectivity index (χ1) is 11.8. The van der Waals surface area contributed by atoms with E-state index in [4.69, 9.17) is 5.26 Å². The molecule has 0 bridgehead atoms. The summed E-state index contributed by atoms with van der Waals surface area (Å²) in [6.45, 7) is 2.91. The van der Waals surface area contributed by atoms with Crippen LogP contribution in [0.5, 0.6) is 0 Å². The molecule has 0 unspecified atom stereocenters. The summed E-state index contributed by atoms with van der Waals surface area (Å²) in [4.78, 5) is 13.6. The van der Waals surface area contributed by atoms with Gasteiger partial charge in [-0.05, 0) is 50.6 Å². The van der Waals surface area contributed by atoms with Gasteiger partial charge in [-0.15, -0.1) is 0 Å². The third-order valence-corrected chi connectivity index (χ3v) is 4.66. The van der Waals surface area contributed by atoms with Crippen molar-refractivity contribution in [2.45, 2.75) is 31.8 Å². The third kappa shape index (κ3) is 4.09. The Morgan fingerprint density at radius 1 is 1.21 bits per heavy atom. The minimum absolute atomic E-state index is 0.565. The minimum Gasteiger partial charge on any atom is -0.357 e. The van der Waals surface area contributed by atoms with Crippen molar-refractivity contribution in [3.8, 4) is 6.07 Å². The predicted molar refractivity (Wildman–Crippen MR) is 94.5 cm³/mol. The van der Waals surface area contributed by atoms with Crippen molar-refractivity contribution < 1.29 is 0 Å². The average Bonchev–Trinajstić information content (AvgIpc) is 2.89. The van der Waals surface area contributed by atoms with Gasteiger partial charge in [-0.25, -0.2) is 4.98 Å². The summed E-state index contributed by atoms with van der Waals surface area (Å²) in [6, 6.07) is 12.6. The molecule has 1 aliphatic rings. The summed E-state index contributed by atoms with van der Waals surface area (Å²) in [6.07, 6.45) is 6.97. The van der Waals surface area contributed by atoms with E-state index in [1.165, 1.54) is 6.42 Å². The minimum atomic E-state index is 0.565. The molecule has 0 aliphatic carbocycles. The smallest absolute Gasteiger partial charge is 0.128 e. The average molecular weight is 321 g/mol. The van der Waals surface area contributed by atoms with Gasteiger partial charge in [-0.3, -0.25) is 9.88 Å². The molecule has 5 nitrogen and oxygen atoms in total. The van der Waals surface area contributed by atoms with Crippen LogP contribution in [0.3, 0.4) is 0 Å². The first-order valence-electron chi connectivity index (χ1n) is 8.47. The highest BCUT2D eigenvalue weighted by Gasteiger charge is 2.21. The molecule has 0 saturated carbocycles. The van der Waals surface area contributed by atoms with Crippen LogP contribution >= 0.6 is 0 Å². The number of pyridine rings is 2. The van der Waals surface area contributed by atoms with Crippen LogP contribution in [-0.4, -0.2) is 41.0 Å². The second kappa shape index (κ2) is 7.89. The highest BCUT2D eigenvalue weighted by Crippen LogP contribution is 2.21. The van der Waals surface area contributed by atoms with Crippen molar-refractivity contribution in [3.05, 3.63) is 54.0 Å². The molecule has 0 spiro atoms. The summed E-state index contributed by atoms with van der Waals surface area (Å²) >= 11 is 0. The van der Waals surface area contributed by atoms with E-state index in [0.717, 1.165) is 44.0 Å². The molecule has 5 heteroatoms. The van der Waals surface area contributed by atoms with E-state index >= 15 is 0 Å². The maximum atomic E-state index is 8.89. The summed E-state index contributed by atoms with van der Waals surface area (Å²) in [5.41, 5.74) is 1.73. The number of hydrogen-bond donors (Lipinski definition) is 0. The lowest BCUT2D eigenvalue weighted by atomic mass is 10.1. The zero-order valence-electron chi connectivity index (χ0n) is 14.1. The summed E-state index contributed by atoms with van der Waals surface area (Å²) < 4.78 is 0. The van der Waals surface area contributed by atoms with E-state index in [-0.39, 0.29) is 0 Å². The van der Waals surface area contributed by atoms with E-state index in [1.54, 1.807) is 6.20 Å². The molecule has 1 fully saturated rings. The summed E-state index contributed by atoms with van der Waals surface area (Å²) in [5, 5.41) is 8.89. The van der Waals surface area contributed by atoms with Crippen LogP contribution in [0.25, 0.3) is 0 Å². The van der Waals surface area contributed by atoms with E-state index in [2.05, 4.69) is 39.0 Å². The lowest BCUT2D eigenvalue weighted by Crippen LogP contribution is -2.33. The number of nitriles is 1. The van der Waals surface area contributed by atoms with Crippen molar-refractivity contribution in [1.82, 2.24) is 14.9 Å². The summed E-state index contributed by atoms with van der Waals surface area (Å²) in [5.74, 6) is 0.974. The molecule has 0 amide bonds. The van der Waals surface area contributed by atoms with Gasteiger partial charge in [-0.2, -0.15) is 5.26 Å². The van der Waals surface area contributed by atoms with Crippen molar-refractivity contribution in [1.29, 1.82) is 5.26 Å². The highest BCUT2D eigenvalue weighted by molar-refractivity contribution is 5.42. The normalized spacial score (nSPS) is 18.2. The largest absolute Gasteiger partial charge is 0.357 e. The van der Waals surface area contributed by atoms with Gasteiger partial charge in [0.05, 0.1) is 11.3 Å². The van der Waals surface area contributed by atoms with Gasteiger partial charge >= 0.3 is 0 Å². The van der Waals surface area contributed by atoms with Crippen LogP contribution in [0, 0.1) is 11.3 Å². The SMILES string of the molecule is CN(Cc1ccccn1)[C@H]1CCCN(c2ccc(C#N)cn2)CC1. The Morgan fingerprint density at radius 2 is 2.12 bits per heavy atom. The topological polar surface area (TPSA) is 56.1 Å². The molecule has 0 radical (unpaired) electrons. The fourth-order valence-corrected chi connectivity index (χ4v) is 3.26. The van der Waals surface area contributed by atoms with Crippen molar-refractivity contribution in [2.75, 3.05) is 25.0 Å². The molecule has 124 valence electrons. The Labute approximate surface area is 143 Å². The Morgan fingerprint density at radius 3 is 2.83 bits per heavy atom. The lowest BCUT2D eigenvalue weighted by Gasteiger charge is -2.27. The Balaban J connectivity index is 1.59. The molecule has 1 aliphatic heterocycles. The fourth-order valence-electron chi connectivity index (χ4n) is 3.26. The van der Waals surface area contributed by atoms with E-state index in [1.807, 2.05) is 30.5 Å². The molecule has 1 saturated heterocycles. The standard InChI is InChI=1S/C19H23N5/c1-23(15-17-5-2-3-10-21-17)18-6-4-11-24(12-9-18)19-8-7-16(13-20)14-22-19/h2-3,5,7-8,10,14,18H,4,6,9,11-12,15H2,1H3/t18-/m0/s1.